The van der Waals surface area contributed by atoms with Crippen LogP contribution in [0.15, 0.2) is 45.1 Å². The van der Waals surface area contributed by atoms with Crippen LogP contribution in [0.3, 0.4) is 0 Å². The molecule has 2 N–H and O–H groups in total. The molecular weight excluding hydrogens is 232 g/mol. The highest BCUT2D eigenvalue weighted by molar-refractivity contribution is 7.93. The van der Waals surface area contributed by atoms with Crippen molar-refractivity contribution in [2.45, 2.75) is 9.24 Å². The Hall–Kier alpha value is -1.40. The fraction of sp³-hybridized carbons (Fsp3) is 0. The summed E-state index contributed by atoms with van der Waals surface area (Å²) in [5, 5.41) is 1.63. The largest absolute Gasteiger partial charge is 0.399 e. The van der Waals surface area contributed by atoms with Crippen molar-refractivity contribution in [1.82, 2.24) is 4.98 Å². The summed E-state index contributed by atoms with van der Waals surface area (Å²) in [7, 11) is -3.46. The fourth-order valence-corrected chi connectivity index (χ4v) is 3.31. The molecule has 6 heteroatoms. The van der Waals surface area contributed by atoms with Gasteiger partial charge in [-0.2, -0.15) is 0 Å². The second kappa shape index (κ2) is 3.63. The number of sulfone groups is 1. The topological polar surface area (TPSA) is 73.1 Å². The lowest BCUT2D eigenvalue weighted by molar-refractivity contribution is 0.595. The normalized spacial score (nSPS) is 11.5. The third-order valence-corrected chi connectivity index (χ3v) is 4.80. The predicted molar refractivity (Wildman–Crippen MR) is 58.4 cm³/mol. The third kappa shape index (κ3) is 1.86. The van der Waals surface area contributed by atoms with Crippen LogP contribution in [0.5, 0.6) is 0 Å². The minimum absolute atomic E-state index is 0.104. The van der Waals surface area contributed by atoms with E-state index in [4.69, 9.17) is 5.73 Å². The molecule has 15 heavy (non-hydrogen) atoms. The van der Waals surface area contributed by atoms with Gasteiger partial charge in [0.05, 0.1) is 4.90 Å². The number of rotatable bonds is 2. The van der Waals surface area contributed by atoms with Crippen LogP contribution in [0.25, 0.3) is 0 Å². The number of nitrogen functional groups attached to an aromatic ring is 1. The molecule has 0 aliphatic heterocycles. The van der Waals surface area contributed by atoms with E-state index in [1.807, 2.05) is 0 Å². The van der Waals surface area contributed by atoms with Crippen LogP contribution in [-0.2, 0) is 9.84 Å². The van der Waals surface area contributed by atoms with Gasteiger partial charge in [0.2, 0.25) is 14.2 Å². The quantitative estimate of drug-likeness (QED) is 0.808. The van der Waals surface area contributed by atoms with E-state index in [-0.39, 0.29) is 9.24 Å². The van der Waals surface area contributed by atoms with Crippen LogP contribution in [0.2, 0.25) is 0 Å². The number of nitrogens with zero attached hydrogens (tertiary/aromatic N) is 1. The molecular formula is C9H8N2O2S2. The zero-order valence-electron chi connectivity index (χ0n) is 7.62. The first-order valence-electron chi connectivity index (χ1n) is 4.11. The molecule has 0 saturated heterocycles. The third-order valence-electron chi connectivity index (χ3n) is 1.83. The first-order valence-corrected chi connectivity index (χ1v) is 6.47. The molecule has 0 bridgehead atoms. The van der Waals surface area contributed by atoms with E-state index in [0.29, 0.717) is 5.69 Å². The van der Waals surface area contributed by atoms with Gasteiger partial charge >= 0.3 is 0 Å². The maximum atomic E-state index is 11.9. The SMILES string of the molecule is Nc1ccc(S(=O)(=O)c2nccs2)cc1. The Morgan fingerprint density at radius 2 is 1.87 bits per heavy atom. The van der Waals surface area contributed by atoms with E-state index in [1.54, 1.807) is 17.5 Å². The zero-order valence-corrected chi connectivity index (χ0v) is 9.25. The van der Waals surface area contributed by atoms with Crippen LogP contribution >= 0.6 is 11.3 Å². The number of aromatic nitrogens is 1. The van der Waals surface area contributed by atoms with Crippen molar-refractivity contribution in [1.29, 1.82) is 0 Å². The molecule has 1 aromatic heterocycles. The highest BCUT2D eigenvalue weighted by Gasteiger charge is 2.19. The fourth-order valence-electron chi connectivity index (χ4n) is 1.09. The van der Waals surface area contributed by atoms with Crippen molar-refractivity contribution in [3.63, 3.8) is 0 Å². The van der Waals surface area contributed by atoms with Crippen LogP contribution in [-0.4, -0.2) is 13.4 Å². The van der Waals surface area contributed by atoms with Crippen LogP contribution in [0, 0.1) is 0 Å². The summed E-state index contributed by atoms with van der Waals surface area (Å²) >= 11 is 1.10. The number of anilines is 1. The molecule has 1 aromatic carbocycles. The van der Waals surface area contributed by atoms with Crippen molar-refractivity contribution in [3.8, 4) is 0 Å². The molecule has 0 aliphatic rings. The summed E-state index contributed by atoms with van der Waals surface area (Å²) in [6, 6.07) is 6.07. The van der Waals surface area contributed by atoms with Gasteiger partial charge in [0.25, 0.3) is 0 Å². The van der Waals surface area contributed by atoms with Gasteiger partial charge in [0, 0.05) is 17.3 Å². The van der Waals surface area contributed by atoms with Crippen molar-refractivity contribution in [2.24, 2.45) is 0 Å². The molecule has 0 unspecified atom stereocenters. The molecule has 4 nitrogen and oxygen atoms in total. The standard InChI is InChI=1S/C9H8N2O2S2/c10-7-1-3-8(4-2-7)15(12,13)9-11-5-6-14-9/h1-6H,10H2. The van der Waals surface area contributed by atoms with Gasteiger partial charge < -0.3 is 5.73 Å². The van der Waals surface area contributed by atoms with E-state index in [2.05, 4.69) is 4.98 Å². The van der Waals surface area contributed by atoms with Gasteiger partial charge in [-0.05, 0) is 24.3 Å². The summed E-state index contributed by atoms with van der Waals surface area (Å²) in [6.45, 7) is 0. The highest BCUT2D eigenvalue weighted by atomic mass is 32.2. The maximum absolute atomic E-state index is 11.9. The Morgan fingerprint density at radius 3 is 2.40 bits per heavy atom. The van der Waals surface area contributed by atoms with E-state index < -0.39 is 9.84 Å². The Labute approximate surface area is 91.3 Å². The van der Waals surface area contributed by atoms with E-state index in [1.165, 1.54) is 18.3 Å². The molecule has 0 fully saturated rings. The zero-order chi connectivity index (χ0) is 10.9. The highest BCUT2D eigenvalue weighted by Crippen LogP contribution is 2.22. The molecule has 0 aliphatic carbocycles. The van der Waals surface area contributed by atoms with Crippen molar-refractivity contribution >= 4 is 26.9 Å². The Kier molecular flexibility index (Phi) is 2.45. The van der Waals surface area contributed by atoms with Gasteiger partial charge in [-0.1, -0.05) is 0 Å². The Bertz CT molecular complexity index is 544. The average Bonchev–Trinajstić information content (AvgIpc) is 2.71. The number of thiazole rings is 1. The maximum Gasteiger partial charge on any atom is 0.233 e. The van der Waals surface area contributed by atoms with E-state index >= 15 is 0 Å². The smallest absolute Gasteiger partial charge is 0.233 e. The second-order valence-electron chi connectivity index (χ2n) is 2.87. The van der Waals surface area contributed by atoms with Crippen molar-refractivity contribution in [2.75, 3.05) is 5.73 Å². The lowest BCUT2D eigenvalue weighted by atomic mass is 10.3. The molecule has 1 heterocycles. The minimum atomic E-state index is -3.46. The van der Waals surface area contributed by atoms with E-state index in [0.717, 1.165) is 11.3 Å². The first-order chi connectivity index (χ1) is 7.10. The summed E-state index contributed by atoms with van der Waals surface area (Å²) < 4.78 is 23.9. The molecule has 0 spiro atoms. The van der Waals surface area contributed by atoms with Crippen LogP contribution < -0.4 is 5.73 Å². The number of hydrogen-bond acceptors (Lipinski definition) is 5. The molecule has 2 rings (SSSR count). The summed E-state index contributed by atoms with van der Waals surface area (Å²) in [5.41, 5.74) is 6.02. The molecule has 0 amide bonds. The van der Waals surface area contributed by atoms with Gasteiger partial charge in [0.15, 0.2) is 0 Å². The average molecular weight is 240 g/mol. The predicted octanol–water partition coefficient (Wildman–Crippen LogP) is 1.56. The number of benzene rings is 1. The first kappa shape index (κ1) is 10.1. The lowest BCUT2D eigenvalue weighted by Crippen LogP contribution is -2.01. The molecule has 0 radical (unpaired) electrons. The van der Waals surface area contributed by atoms with Crippen molar-refractivity contribution < 1.29 is 8.42 Å². The van der Waals surface area contributed by atoms with Crippen LogP contribution in [0.4, 0.5) is 5.69 Å². The monoisotopic (exact) mass is 240 g/mol. The van der Waals surface area contributed by atoms with Gasteiger partial charge in [0.1, 0.15) is 0 Å². The van der Waals surface area contributed by atoms with Crippen molar-refractivity contribution in [3.05, 3.63) is 35.8 Å². The Balaban J connectivity index is 2.52. The summed E-state index contributed by atoms with van der Waals surface area (Å²) in [4.78, 5) is 4.00. The van der Waals surface area contributed by atoms with Gasteiger partial charge in [-0.15, -0.1) is 11.3 Å². The minimum Gasteiger partial charge on any atom is -0.399 e. The summed E-state index contributed by atoms with van der Waals surface area (Å²) in [5.74, 6) is 0. The van der Waals surface area contributed by atoms with Gasteiger partial charge in [-0.3, -0.25) is 0 Å². The summed E-state index contributed by atoms with van der Waals surface area (Å²) in [6.07, 6.45) is 1.47. The molecule has 0 saturated carbocycles. The van der Waals surface area contributed by atoms with E-state index in [9.17, 15) is 8.42 Å². The molecule has 78 valence electrons. The van der Waals surface area contributed by atoms with Gasteiger partial charge in [-0.25, -0.2) is 13.4 Å². The molecule has 0 atom stereocenters. The second-order valence-corrected chi connectivity index (χ2v) is 5.89. The lowest BCUT2D eigenvalue weighted by Gasteiger charge is -2.00. The molecule has 2 aromatic rings. The number of hydrogen-bond donors (Lipinski definition) is 1. The number of nitrogens with two attached hydrogens (primary N) is 1. The van der Waals surface area contributed by atoms with Crippen LogP contribution in [0.1, 0.15) is 0 Å². The Morgan fingerprint density at radius 1 is 1.20 bits per heavy atom.